The maximum atomic E-state index is 9.83. The van der Waals surface area contributed by atoms with Gasteiger partial charge in [0.05, 0.1) is 20.6 Å². The van der Waals surface area contributed by atoms with E-state index in [1.807, 2.05) is 44.3 Å². The van der Waals surface area contributed by atoms with Gasteiger partial charge in [-0.2, -0.15) is 0 Å². The van der Waals surface area contributed by atoms with Crippen molar-refractivity contribution in [2.45, 2.75) is 51.8 Å². The molecule has 152 valence electrons. The molecule has 2 bridgehead atoms. The first-order chi connectivity index (χ1) is 15.3. The zero-order valence-corrected chi connectivity index (χ0v) is 17.9. The monoisotopic (exact) mass is 399 g/mol. The van der Waals surface area contributed by atoms with E-state index in [1.165, 1.54) is 0 Å². The van der Waals surface area contributed by atoms with Crippen molar-refractivity contribution in [2.75, 3.05) is 11.9 Å². The van der Waals surface area contributed by atoms with Crippen LogP contribution < -0.4 is 4.90 Å². The van der Waals surface area contributed by atoms with E-state index in [-0.39, 0.29) is 6.17 Å². The van der Waals surface area contributed by atoms with Crippen LogP contribution in [0.3, 0.4) is 0 Å². The SMILES string of the molecule is [2H]C12CCC([2H])(c3ccccc31)N(c1c(C)ccc3c1oc1nc(C)ccc13)C(C)N2C. The van der Waals surface area contributed by atoms with E-state index in [9.17, 15) is 2.74 Å². The van der Waals surface area contributed by atoms with Gasteiger partial charge in [-0.1, -0.05) is 36.4 Å². The number of pyridine rings is 1. The predicted molar refractivity (Wildman–Crippen MR) is 122 cm³/mol. The Hall–Kier alpha value is -2.85. The summed E-state index contributed by atoms with van der Waals surface area (Å²) in [7, 11) is 2.01. The second-order valence-electron chi connectivity index (χ2n) is 8.57. The second-order valence-corrected chi connectivity index (χ2v) is 8.57. The molecule has 0 radical (unpaired) electrons. The number of benzene rings is 2. The van der Waals surface area contributed by atoms with Crippen molar-refractivity contribution in [1.82, 2.24) is 9.88 Å². The summed E-state index contributed by atoms with van der Waals surface area (Å²) in [6.07, 6.45) is 1.02. The molecule has 4 heteroatoms. The summed E-state index contributed by atoms with van der Waals surface area (Å²) in [4.78, 5) is 8.91. The summed E-state index contributed by atoms with van der Waals surface area (Å²) < 4.78 is 25.6. The predicted octanol–water partition coefficient (Wildman–Crippen LogP) is 6.27. The summed E-state index contributed by atoms with van der Waals surface area (Å²) >= 11 is 0. The molecule has 2 aromatic heterocycles. The lowest BCUT2D eigenvalue weighted by Gasteiger charge is -2.39. The van der Waals surface area contributed by atoms with Crippen molar-refractivity contribution in [3.8, 4) is 0 Å². The molecule has 2 aromatic carbocycles. The van der Waals surface area contributed by atoms with Gasteiger partial charge in [-0.3, -0.25) is 4.90 Å². The lowest BCUT2D eigenvalue weighted by molar-refractivity contribution is 0.191. The first-order valence-electron chi connectivity index (χ1n) is 11.7. The first kappa shape index (κ1) is 15.9. The fraction of sp³-hybridized carbons (Fsp3) is 0.346. The molecule has 0 N–H and O–H groups in total. The van der Waals surface area contributed by atoms with Crippen molar-refractivity contribution in [3.63, 3.8) is 0 Å². The van der Waals surface area contributed by atoms with E-state index >= 15 is 0 Å². The Labute approximate surface area is 179 Å². The number of aromatic nitrogens is 1. The lowest BCUT2D eigenvalue weighted by atomic mass is 9.84. The van der Waals surface area contributed by atoms with Crippen LogP contribution in [0.2, 0.25) is 0 Å². The summed E-state index contributed by atoms with van der Waals surface area (Å²) in [6.45, 7) is 6.15. The molecule has 3 unspecified atom stereocenters. The van der Waals surface area contributed by atoms with Gasteiger partial charge in [-0.05, 0) is 69.5 Å². The Bertz CT molecular complexity index is 1400. The standard InChI is InChI=1S/C26H27N3O/c1-15-9-11-20-21-12-10-16(2)27-26(21)30-25(20)24(15)29-17(3)28(4)22-13-14-23(29)19-8-6-5-7-18(19)22/h5-12,17,22-23H,13-14H2,1-4H3/i22D,23D. The van der Waals surface area contributed by atoms with Crippen LogP contribution in [0.4, 0.5) is 5.69 Å². The number of hydrogen-bond acceptors (Lipinski definition) is 4. The van der Waals surface area contributed by atoms with E-state index in [0.29, 0.717) is 18.6 Å². The van der Waals surface area contributed by atoms with Crippen LogP contribution in [0.5, 0.6) is 0 Å². The highest BCUT2D eigenvalue weighted by Gasteiger charge is 2.42. The maximum Gasteiger partial charge on any atom is 0.227 e. The molecule has 0 spiro atoms. The first-order valence-corrected chi connectivity index (χ1v) is 10.7. The number of nitrogens with zero attached hydrogens (tertiary/aromatic N) is 3. The summed E-state index contributed by atoms with van der Waals surface area (Å²) in [5.74, 6) is 0. The molecule has 0 amide bonds. The highest BCUT2D eigenvalue weighted by Crippen LogP contribution is 2.51. The molecule has 3 atom stereocenters. The lowest BCUT2D eigenvalue weighted by Crippen LogP contribution is -2.43. The topological polar surface area (TPSA) is 32.5 Å². The van der Waals surface area contributed by atoms with Gasteiger partial charge >= 0.3 is 0 Å². The molecule has 1 saturated heterocycles. The van der Waals surface area contributed by atoms with Gasteiger partial charge in [0.15, 0.2) is 5.58 Å². The Morgan fingerprint density at radius 1 is 0.967 bits per heavy atom. The number of anilines is 1. The van der Waals surface area contributed by atoms with E-state index in [1.54, 1.807) is 0 Å². The van der Waals surface area contributed by atoms with Crippen LogP contribution in [0.25, 0.3) is 22.1 Å². The normalized spacial score (nSPS) is 29.7. The third-order valence-corrected chi connectivity index (χ3v) is 6.86. The molecule has 1 fully saturated rings. The van der Waals surface area contributed by atoms with Crippen molar-refractivity contribution in [3.05, 3.63) is 70.9 Å². The zero-order valence-electron chi connectivity index (χ0n) is 19.9. The minimum absolute atomic E-state index is 0.174. The quantitative estimate of drug-likeness (QED) is 0.377. The van der Waals surface area contributed by atoms with Gasteiger partial charge in [-0.25, -0.2) is 4.98 Å². The van der Waals surface area contributed by atoms with Gasteiger partial charge in [0, 0.05) is 22.5 Å². The number of furan rings is 1. The Morgan fingerprint density at radius 3 is 2.47 bits per heavy atom. The summed E-state index contributed by atoms with van der Waals surface area (Å²) in [5.41, 5.74) is 6.15. The number of fused-ring (bicyclic) bond motifs is 6. The molecule has 30 heavy (non-hydrogen) atoms. The van der Waals surface area contributed by atoms with Crippen LogP contribution in [-0.2, 0) is 0 Å². The van der Waals surface area contributed by atoms with Gasteiger partial charge in [0.1, 0.15) is 0 Å². The van der Waals surface area contributed by atoms with E-state index in [4.69, 9.17) is 4.42 Å². The fourth-order valence-electron chi connectivity index (χ4n) is 5.25. The number of hydrogen-bond donors (Lipinski definition) is 0. The molecule has 2 aliphatic heterocycles. The van der Waals surface area contributed by atoms with E-state index in [0.717, 1.165) is 44.4 Å². The average Bonchev–Trinajstić information content (AvgIpc) is 3.10. The van der Waals surface area contributed by atoms with E-state index in [2.05, 4.69) is 46.8 Å². The minimum atomic E-state index is -0.993. The number of rotatable bonds is 1. The Balaban J connectivity index is 1.70. The van der Waals surface area contributed by atoms with Crippen molar-refractivity contribution >= 4 is 27.8 Å². The fourth-order valence-corrected chi connectivity index (χ4v) is 5.25. The largest absolute Gasteiger partial charge is 0.436 e. The number of aryl methyl sites for hydroxylation is 2. The molecule has 0 saturated carbocycles. The molecule has 1 aliphatic carbocycles. The van der Waals surface area contributed by atoms with Crippen molar-refractivity contribution in [2.24, 2.45) is 0 Å². The molecule has 7 rings (SSSR count). The zero-order chi connectivity index (χ0) is 22.4. The molecule has 4 aromatic rings. The van der Waals surface area contributed by atoms with Crippen LogP contribution in [0.1, 0.15) is 56.9 Å². The molecule has 4 nitrogen and oxygen atoms in total. The Kier molecular flexibility index (Phi) is 3.35. The summed E-state index contributed by atoms with van der Waals surface area (Å²) in [5, 5.41) is 2.00. The summed E-state index contributed by atoms with van der Waals surface area (Å²) in [6, 6.07) is 14.5. The van der Waals surface area contributed by atoms with Crippen LogP contribution in [-0.4, -0.2) is 23.1 Å². The third kappa shape index (κ3) is 2.34. The van der Waals surface area contributed by atoms with Gasteiger partial charge < -0.3 is 9.32 Å². The van der Waals surface area contributed by atoms with Crippen LogP contribution in [0.15, 0.2) is 52.9 Å². The van der Waals surface area contributed by atoms with Crippen molar-refractivity contribution in [1.29, 1.82) is 0 Å². The smallest absolute Gasteiger partial charge is 0.227 e. The van der Waals surface area contributed by atoms with Crippen LogP contribution >= 0.6 is 0 Å². The van der Waals surface area contributed by atoms with E-state index < -0.39 is 12.0 Å². The third-order valence-electron chi connectivity index (χ3n) is 6.86. The molecular formula is C26H27N3O. The minimum Gasteiger partial charge on any atom is -0.436 e. The van der Waals surface area contributed by atoms with Crippen LogP contribution in [0, 0.1) is 13.8 Å². The maximum absolute atomic E-state index is 9.83. The van der Waals surface area contributed by atoms with Gasteiger partial charge in [0.2, 0.25) is 5.71 Å². The van der Waals surface area contributed by atoms with Gasteiger partial charge in [0.25, 0.3) is 0 Å². The average molecular weight is 400 g/mol. The molecule has 3 aliphatic rings. The highest BCUT2D eigenvalue weighted by atomic mass is 16.3. The second kappa shape index (κ2) is 6.32. The van der Waals surface area contributed by atoms with Gasteiger partial charge in [-0.15, -0.1) is 0 Å². The highest BCUT2D eigenvalue weighted by molar-refractivity contribution is 6.08. The molecule has 4 heterocycles. The molecular weight excluding hydrogens is 370 g/mol. The Morgan fingerprint density at radius 2 is 1.67 bits per heavy atom. The van der Waals surface area contributed by atoms with Crippen molar-refractivity contribution < 1.29 is 7.16 Å².